The first kappa shape index (κ1) is 23.6. The molecule has 166 valence electrons. The summed E-state index contributed by atoms with van der Waals surface area (Å²) in [6.07, 6.45) is 2.32. The van der Waals surface area contributed by atoms with E-state index >= 15 is 0 Å². The first-order valence-electron chi connectivity index (χ1n) is 10.8. The highest BCUT2D eigenvalue weighted by Gasteiger charge is 2.25. The van der Waals surface area contributed by atoms with E-state index in [1.165, 1.54) is 18.7 Å². The number of benzene rings is 1. The van der Waals surface area contributed by atoms with E-state index in [4.69, 9.17) is 10.7 Å². The molecule has 1 amide bonds. The molecule has 1 fully saturated rings. The summed E-state index contributed by atoms with van der Waals surface area (Å²) in [6.45, 7) is 5.49. The highest BCUT2D eigenvalue weighted by molar-refractivity contribution is 7.98. The van der Waals surface area contributed by atoms with Crippen molar-refractivity contribution in [2.24, 2.45) is 5.73 Å². The Balaban J connectivity index is 1.85. The van der Waals surface area contributed by atoms with Gasteiger partial charge in [0.2, 0.25) is 5.91 Å². The largest absolute Gasteiger partial charge is 0.355 e. The van der Waals surface area contributed by atoms with Gasteiger partial charge in [-0.3, -0.25) is 4.79 Å². The second kappa shape index (κ2) is 11.0. The highest BCUT2D eigenvalue weighted by atomic mass is 32.2. The molecule has 0 saturated carbocycles. The molecule has 2 aromatic rings. The first-order chi connectivity index (χ1) is 15.5. The molecule has 0 spiro atoms. The maximum atomic E-state index is 11.1. The number of amides is 1. The van der Waals surface area contributed by atoms with Crippen LogP contribution in [0.4, 0.5) is 5.82 Å². The van der Waals surface area contributed by atoms with Gasteiger partial charge in [-0.25, -0.2) is 4.98 Å². The van der Waals surface area contributed by atoms with Crippen LogP contribution < -0.4 is 16.0 Å². The molecule has 0 radical (unpaired) electrons. The lowest BCUT2D eigenvalue weighted by Crippen LogP contribution is -2.40. The maximum absolute atomic E-state index is 11.1. The molecule has 1 aromatic heterocycles. The molecule has 1 aromatic carbocycles. The SMILES string of the molecule is CCc1c(C#N)c(SCc2ccc(CNC(C)=O)cc2)nc(N2CCC(N)CC2)c1C#N. The molecular weight excluding hydrogens is 420 g/mol. The minimum atomic E-state index is -0.0567. The number of hydrogen-bond acceptors (Lipinski definition) is 7. The Kier molecular flexibility index (Phi) is 8.10. The number of carbonyl (C=O) groups is 1. The summed E-state index contributed by atoms with van der Waals surface area (Å²) >= 11 is 1.51. The number of thioether (sulfide) groups is 1. The standard InChI is InChI=1S/C24H28N6OS/c1-3-20-21(12-25)23(30-10-8-19(27)9-11-30)29-24(22(20)13-26)32-15-18-6-4-17(5-7-18)14-28-16(2)31/h4-7,19H,3,8-11,14-15,27H2,1-2H3,(H,28,31). The van der Waals surface area contributed by atoms with Gasteiger partial charge in [-0.15, -0.1) is 11.8 Å². The van der Waals surface area contributed by atoms with Crippen LogP contribution in [0.25, 0.3) is 0 Å². The monoisotopic (exact) mass is 448 g/mol. The third-order valence-corrected chi connectivity index (χ3v) is 6.65. The van der Waals surface area contributed by atoms with Crippen LogP contribution in [-0.2, 0) is 23.5 Å². The van der Waals surface area contributed by atoms with Crippen LogP contribution in [0.3, 0.4) is 0 Å². The van der Waals surface area contributed by atoms with E-state index in [1.807, 2.05) is 31.2 Å². The Bertz CT molecular complexity index is 1050. The number of pyridine rings is 1. The number of piperidine rings is 1. The molecule has 3 N–H and O–H groups in total. The van der Waals surface area contributed by atoms with Gasteiger partial charge in [0.05, 0.1) is 11.1 Å². The average Bonchev–Trinajstić information content (AvgIpc) is 2.81. The Morgan fingerprint density at radius 3 is 2.38 bits per heavy atom. The van der Waals surface area contributed by atoms with Crippen LogP contribution in [0.15, 0.2) is 29.3 Å². The minimum Gasteiger partial charge on any atom is -0.355 e. The molecule has 32 heavy (non-hydrogen) atoms. The van der Waals surface area contributed by atoms with Crippen LogP contribution in [0.5, 0.6) is 0 Å². The van der Waals surface area contributed by atoms with Gasteiger partial charge in [-0.2, -0.15) is 10.5 Å². The summed E-state index contributed by atoms with van der Waals surface area (Å²) in [4.78, 5) is 18.0. The predicted octanol–water partition coefficient (Wildman–Crippen LogP) is 3.24. The Labute approximate surface area is 193 Å². The van der Waals surface area contributed by atoms with E-state index < -0.39 is 0 Å². The molecule has 7 nitrogen and oxygen atoms in total. The molecule has 2 heterocycles. The lowest BCUT2D eigenvalue weighted by molar-refractivity contribution is -0.119. The fourth-order valence-corrected chi connectivity index (χ4v) is 4.72. The zero-order valence-electron chi connectivity index (χ0n) is 18.5. The van der Waals surface area contributed by atoms with Gasteiger partial charge >= 0.3 is 0 Å². The van der Waals surface area contributed by atoms with Crippen molar-refractivity contribution in [2.75, 3.05) is 18.0 Å². The summed E-state index contributed by atoms with van der Waals surface area (Å²) in [7, 11) is 0. The zero-order valence-corrected chi connectivity index (χ0v) is 19.3. The molecule has 1 aliphatic rings. The van der Waals surface area contributed by atoms with Crippen molar-refractivity contribution in [1.82, 2.24) is 10.3 Å². The molecular formula is C24H28N6OS. The number of carbonyl (C=O) groups excluding carboxylic acids is 1. The summed E-state index contributed by atoms with van der Waals surface area (Å²) in [5, 5.41) is 23.1. The molecule has 0 bridgehead atoms. The van der Waals surface area contributed by atoms with Gasteiger partial charge in [0.15, 0.2) is 0 Å². The second-order valence-corrected chi connectivity index (χ2v) is 8.85. The third-order valence-electron chi connectivity index (χ3n) is 5.60. The van der Waals surface area contributed by atoms with E-state index in [9.17, 15) is 15.3 Å². The normalized spacial score (nSPS) is 14.0. The van der Waals surface area contributed by atoms with Gasteiger partial charge in [0.1, 0.15) is 23.0 Å². The van der Waals surface area contributed by atoms with Crippen molar-refractivity contribution in [3.05, 3.63) is 52.1 Å². The Morgan fingerprint density at radius 1 is 1.19 bits per heavy atom. The predicted molar refractivity (Wildman–Crippen MR) is 126 cm³/mol. The molecule has 3 rings (SSSR count). The van der Waals surface area contributed by atoms with E-state index in [0.29, 0.717) is 40.7 Å². The molecule has 1 aliphatic heterocycles. The first-order valence-corrected chi connectivity index (χ1v) is 11.8. The molecule has 8 heteroatoms. The number of nitrogens with two attached hydrogens (primary N) is 1. The number of aromatic nitrogens is 1. The van der Waals surface area contributed by atoms with E-state index in [1.54, 1.807) is 0 Å². The number of rotatable bonds is 7. The number of anilines is 1. The fraction of sp³-hybridized carbons (Fsp3) is 0.417. The Morgan fingerprint density at radius 2 is 1.81 bits per heavy atom. The quantitative estimate of drug-likeness (QED) is 0.624. The summed E-state index contributed by atoms with van der Waals surface area (Å²) in [5.41, 5.74) is 9.95. The van der Waals surface area contributed by atoms with Crippen molar-refractivity contribution >= 4 is 23.5 Å². The van der Waals surface area contributed by atoms with Gasteiger partial charge < -0.3 is 16.0 Å². The van der Waals surface area contributed by atoms with Gasteiger partial charge in [-0.05, 0) is 36.0 Å². The van der Waals surface area contributed by atoms with E-state index in [0.717, 1.165) is 42.6 Å². The van der Waals surface area contributed by atoms with Crippen molar-refractivity contribution in [2.45, 2.75) is 56.5 Å². The molecule has 0 atom stereocenters. The molecule has 1 saturated heterocycles. The number of nitrogens with zero attached hydrogens (tertiary/aromatic N) is 4. The van der Waals surface area contributed by atoms with Crippen molar-refractivity contribution in [3.8, 4) is 12.1 Å². The smallest absolute Gasteiger partial charge is 0.217 e. The number of nitriles is 2. The average molecular weight is 449 g/mol. The lowest BCUT2D eigenvalue weighted by Gasteiger charge is -2.32. The summed E-state index contributed by atoms with van der Waals surface area (Å²) < 4.78 is 0. The van der Waals surface area contributed by atoms with Crippen LogP contribution in [-0.4, -0.2) is 30.0 Å². The zero-order chi connectivity index (χ0) is 23.1. The second-order valence-electron chi connectivity index (χ2n) is 7.89. The topological polar surface area (TPSA) is 119 Å². The van der Waals surface area contributed by atoms with Crippen LogP contribution >= 0.6 is 11.8 Å². The van der Waals surface area contributed by atoms with Gasteiger partial charge in [0.25, 0.3) is 0 Å². The Hall–Kier alpha value is -3.07. The number of nitrogens with one attached hydrogen (secondary N) is 1. The highest BCUT2D eigenvalue weighted by Crippen LogP contribution is 2.34. The fourth-order valence-electron chi connectivity index (χ4n) is 3.76. The summed E-state index contributed by atoms with van der Waals surface area (Å²) in [5.74, 6) is 1.27. The third kappa shape index (κ3) is 5.59. The van der Waals surface area contributed by atoms with Gasteiger partial charge in [0, 0.05) is 38.4 Å². The van der Waals surface area contributed by atoms with Crippen molar-refractivity contribution < 1.29 is 4.79 Å². The van der Waals surface area contributed by atoms with Crippen molar-refractivity contribution in [1.29, 1.82) is 10.5 Å². The minimum absolute atomic E-state index is 0.0567. The van der Waals surface area contributed by atoms with E-state index in [2.05, 4.69) is 22.4 Å². The maximum Gasteiger partial charge on any atom is 0.217 e. The lowest BCUT2D eigenvalue weighted by atomic mass is 10.00. The number of hydrogen-bond donors (Lipinski definition) is 2. The summed E-state index contributed by atoms with van der Waals surface area (Å²) in [6, 6.07) is 12.8. The van der Waals surface area contributed by atoms with Gasteiger partial charge in [-0.1, -0.05) is 31.2 Å². The molecule has 0 aliphatic carbocycles. The molecule has 0 unspecified atom stereocenters. The van der Waals surface area contributed by atoms with Crippen LogP contribution in [0.2, 0.25) is 0 Å². The van der Waals surface area contributed by atoms with E-state index in [-0.39, 0.29) is 11.9 Å². The van der Waals surface area contributed by atoms with Crippen molar-refractivity contribution in [3.63, 3.8) is 0 Å². The van der Waals surface area contributed by atoms with Crippen LogP contribution in [0, 0.1) is 22.7 Å². The van der Waals surface area contributed by atoms with Crippen LogP contribution in [0.1, 0.15) is 54.5 Å².